The fourth-order valence-electron chi connectivity index (χ4n) is 3.12. The molecule has 1 unspecified atom stereocenters. The summed E-state index contributed by atoms with van der Waals surface area (Å²) < 4.78 is 0. The largest absolute Gasteiger partial charge is 0.481 e. The number of rotatable bonds is 3. The van der Waals surface area contributed by atoms with Gasteiger partial charge in [-0.15, -0.1) is 0 Å². The van der Waals surface area contributed by atoms with Crippen LogP contribution in [0.5, 0.6) is 0 Å². The highest BCUT2D eigenvalue weighted by Crippen LogP contribution is 2.37. The maximum atomic E-state index is 11.5. The van der Waals surface area contributed by atoms with E-state index >= 15 is 0 Å². The summed E-state index contributed by atoms with van der Waals surface area (Å²) in [5, 5.41) is 9.50. The fraction of sp³-hybridized carbons (Fsp3) is 0.643. The van der Waals surface area contributed by atoms with Crippen molar-refractivity contribution in [3.8, 4) is 0 Å². The third kappa shape index (κ3) is 2.54. The Labute approximate surface area is 102 Å². The lowest BCUT2D eigenvalue weighted by Crippen LogP contribution is -2.23. The number of hydrogen-bond acceptors (Lipinski definition) is 1. The van der Waals surface area contributed by atoms with E-state index in [0.29, 0.717) is 5.92 Å². The van der Waals surface area contributed by atoms with Crippen molar-refractivity contribution >= 4 is 5.97 Å². The molecule has 1 fully saturated rings. The Hall–Kier alpha value is -1.25. The number of aliphatic carboxylic acids is 1. The number of nitrogens with one attached hydrogen (secondary N) is 1. The van der Waals surface area contributed by atoms with Gasteiger partial charge in [0.05, 0.1) is 5.92 Å². The molecule has 1 aliphatic carbocycles. The summed E-state index contributed by atoms with van der Waals surface area (Å²) in [7, 11) is 0. The number of carbonyl (C=O) groups is 1. The van der Waals surface area contributed by atoms with E-state index in [9.17, 15) is 9.90 Å². The average Bonchev–Trinajstić information content (AvgIpc) is 2.59. The lowest BCUT2D eigenvalue weighted by Gasteiger charge is -2.27. The standard InChI is InChI=1S/C14H21NO2/c1-9-8-12(10(2)15-9)13(14(16)17)11-6-4-3-5-7-11/h8,11,13,15H,3-7H2,1-2H3,(H,16,17). The normalized spacial score (nSPS) is 19.2. The molecule has 1 atom stereocenters. The van der Waals surface area contributed by atoms with E-state index in [4.69, 9.17) is 0 Å². The van der Waals surface area contributed by atoms with Crippen LogP contribution in [0.4, 0.5) is 0 Å². The van der Waals surface area contributed by atoms with Crippen LogP contribution < -0.4 is 0 Å². The number of carboxylic acids is 1. The Balaban J connectivity index is 2.28. The highest BCUT2D eigenvalue weighted by atomic mass is 16.4. The first-order valence-corrected chi connectivity index (χ1v) is 6.48. The predicted molar refractivity (Wildman–Crippen MR) is 67.2 cm³/mol. The molecule has 2 rings (SSSR count). The Kier molecular flexibility index (Phi) is 3.55. The van der Waals surface area contributed by atoms with Gasteiger partial charge in [0.15, 0.2) is 0 Å². The molecule has 0 bridgehead atoms. The minimum Gasteiger partial charge on any atom is -0.481 e. The minimum atomic E-state index is -0.668. The number of aryl methyl sites for hydroxylation is 2. The number of aromatic amines is 1. The van der Waals surface area contributed by atoms with Gasteiger partial charge in [0.25, 0.3) is 0 Å². The van der Waals surface area contributed by atoms with Gasteiger partial charge in [-0.05, 0) is 44.2 Å². The molecule has 0 amide bonds. The van der Waals surface area contributed by atoms with E-state index in [1.807, 2.05) is 19.9 Å². The van der Waals surface area contributed by atoms with Crippen LogP contribution in [0.2, 0.25) is 0 Å². The molecular formula is C14H21NO2. The maximum absolute atomic E-state index is 11.5. The van der Waals surface area contributed by atoms with Crippen LogP contribution in [0.1, 0.15) is 55.0 Å². The molecule has 2 N–H and O–H groups in total. The molecule has 1 aliphatic rings. The van der Waals surface area contributed by atoms with Crippen molar-refractivity contribution in [3.05, 3.63) is 23.0 Å². The van der Waals surface area contributed by atoms with E-state index in [1.54, 1.807) is 0 Å². The van der Waals surface area contributed by atoms with Gasteiger partial charge in [0.2, 0.25) is 0 Å². The van der Waals surface area contributed by atoms with Crippen LogP contribution in [0.3, 0.4) is 0 Å². The lowest BCUT2D eigenvalue weighted by molar-refractivity contribution is -0.140. The monoisotopic (exact) mass is 235 g/mol. The van der Waals surface area contributed by atoms with Crippen molar-refractivity contribution in [1.29, 1.82) is 0 Å². The van der Waals surface area contributed by atoms with Gasteiger partial charge in [-0.3, -0.25) is 4.79 Å². The summed E-state index contributed by atoms with van der Waals surface area (Å²) in [6.45, 7) is 3.96. The molecule has 1 aromatic heterocycles. The van der Waals surface area contributed by atoms with Crippen LogP contribution >= 0.6 is 0 Å². The van der Waals surface area contributed by atoms with E-state index in [0.717, 1.165) is 29.8 Å². The van der Waals surface area contributed by atoms with E-state index in [1.165, 1.54) is 19.3 Å². The lowest BCUT2D eigenvalue weighted by atomic mass is 9.77. The first-order valence-electron chi connectivity index (χ1n) is 6.48. The molecule has 3 nitrogen and oxygen atoms in total. The molecule has 94 valence electrons. The molecule has 1 aromatic rings. The van der Waals surface area contributed by atoms with Crippen molar-refractivity contribution < 1.29 is 9.90 Å². The second-order valence-corrected chi connectivity index (χ2v) is 5.25. The summed E-state index contributed by atoms with van der Waals surface area (Å²) in [6, 6.07) is 2.00. The molecule has 1 saturated carbocycles. The highest BCUT2D eigenvalue weighted by molar-refractivity contribution is 5.77. The molecule has 17 heavy (non-hydrogen) atoms. The zero-order chi connectivity index (χ0) is 12.4. The maximum Gasteiger partial charge on any atom is 0.311 e. The Morgan fingerprint density at radius 3 is 2.47 bits per heavy atom. The van der Waals surface area contributed by atoms with Gasteiger partial charge in [0, 0.05) is 11.4 Å². The zero-order valence-electron chi connectivity index (χ0n) is 10.6. The summed E-state index contributed by atoms with van der Waals surface area (Å²) in [5.41, 5.74) is 3.06. The number of aromatic nitrogens is 1. The first-order chi connectivity index (χ1) is 8.09. The molecule has 0 aromatic carbocycles. The third-order valence-electron chi connectivity index (χ3n) is 3.91. The van der Waals surface area contributed by atoms with Crippen LogP contribution in [0.25, 0.3) is 0 Å². The van der Waals surface area contributed by atoms with Crippen LogP contribution in [0, 0.1) is 19.8 Å². The first kappa shape index (κ1) is 12.2. The highest BCUT2D eigenvalue weighted by Gasteiger charge is 2.32. The molecular weight excluding hydrogens is 214 g/mol. The second kappa shape index (κ2) is 4.94. The summed E-state index contributed by atoms with van der Waals surface area (Å²) in [4.78, 5) is 14.8. The van der Waals surface area contributed by atoms with Gasteiger partial charge in [-0.1, -0.05) is 19.3 Å². The zero-order valence-corrected chi connectivity index (χ0v) is 10.6. The van der Waals surface area contributed by atoms with Crippen LogP contribution in [-0.4, -0.2) is 16.1 Å². The van der Waals surface area contributed by atoms with Gasteiger partial charge in [-0.2, -0.15) is 0 Å². The van der Waals surface area contributed by atoms with Crippen molar-refractivity contribution in [2.45, 2.75) is 51.9 Å². The number of hydrogen-bond donors (Lipinski definition) is 2. The van der Waals surface area contributed by atoms with E-state index in [-0.39, 0.29) is 5.92 Å². The van der Waals surface area contributed by atoms with Crippen LogP contribution in [-0.2, 0) is 4.79 Å². The van der Waals surface area contributed by atoms with Gasteiger partial charge in [-0.25, -0.2) is 0 Å². The van der Waals surface area contributed by atoms with E-state index in [2.05, 4.69) is 4.98 Å². The quantitative estimate of drug-likeness (QED) is 0.843. The Bertz CT molecular complexity index is 402. The minimum absolute atomic E-state index is 0.315. The predicted octanol–water partition coefficient (Wildman–Crippen LogP) is 3.38. The van der Waals surface area contributed by atoms with E-state index < -0.39 is 5.97 Å². The Morgan fingerprint density at radius 2 is 2.00 bits per heavy atom. The van der Waals surface area contributed by atoms with Crippen molar-refractivity contribution in [2.24, 2.45) is 5.92 Å². The summed E-state index contributed by atoms with van der Waals surface area (Å²) in [5.74, 6) is -0.672. The average molecular weight is 235 g/mol. The van der Waals surface area contributed by atoms with Gasteiger partial charge < -0.3 is 10.1 Å². The fourth-order valence-corrected chi connectivity index (χ4v) is 3.12. The van der Waals surface area contributed by atoms with Crippen molar-refractivity contribution in [1.82, 2.24) is 4.98 Å². The molecule has 0 aliphatic heterocycles. The molecule has 1 heterocycles. The number of carboxylic acid groups (broad SMARTS) is 1. The number of H-pyrrole nitrogens is 1. The van der Waals surface area contributed by atoms with Gasteiger partial charge >= 0.3 is 5.97 Å². The van der Waals surface area contributed by atoms with Crippen molar-refractivity contribution in [3.63, 3.8) is 0 Å². The third-order valence-corrected chi connectivity index (χ3v) is 3.91. The molecule has 0 spiro atoms. The Morgan fingerprint density at radius 1 is 1.35 bits per heavy atom. The SMILES string of the molecule is Cc1cc(C(C(=O)O)C2CCCCC2)c(C)[nH]1. The summed E-state index contributed by atoms with van der Waals surface area (Å²) in [6.07, 6.45) is 5.73. The van der Waals surface area contributed by atoms with Crippen LogP contribution in [0.15, 0.2) is 6.07 Å². The molecule has 3 heteroatoms. The van der Waals surface area contributed by atoms with Gasteiger partial charge in [0.1, 0.15) is 0 Å². The molecule has 0 saturated heterocycles. The topological polar surface area (TPSA) is 53.1 Å². The summed E-state index contributed by atoms with van der Waals surface area (Å²) >= 11 is 0. The van der Waals surface area contributed by atoms with Crippen molar-refractivity contribution in [2.75, 3.05) is 0 Å². The molecule has 0 radical (unpaired) electrons. The smallest absolute Gasteiger partial charge is 0.311 e. The second-order valence-electron chi connectivity index (χ2n) is 5.25.